The molecule has 0 spiro atoms. The molecule has 0 N–H and O–H groups in total. The van der Waals surface area contributed by atoms with Crippen LogP contribution in [0.5, 0.6) is 0 Å². The van der Waals surface area contributed by atoms with Gasteiger partial charge in [-0.25, -0.2) is 0 Å². The van der Waals surface area contributed by atoms with Gasteiger partial charge in [0.15, 0.2) is 0 Å². The Morgan fingerprint density at radius 2 is 2.15 bits per heavy atom. The Hall–Kier alpha value is -0.0500. The first-order chi connectivity index (χ1) is 6.13. The van der Waals surface area contributed by atoms with Gasteiger partial charge in [-0.3, -0.25) is 0 Å². The molecular formula is C10H13BrClN. The van der Waals surface area contributed by atoms with Crippen molar-refractivity contribution in [2.75, 3.05) is 13.6 Å². The average Bonchev–Trinajstić information content (AvgIpc) is 2.09. The van der Waals surface area contributed by atoms with Crippen LogP contribution in [-0.2, 0) is 6.54 Å². The molecule has 0 saturated heterocycles. The molecule has 0 aliphatic carbocycles. The van der Waals surface area contributed by atoms with Crippen LogP contribution in [0, 0.1) is 0 Å². The first kappa shape index (κ1) is 11.0. The van der Waals surface area contributed by atoms with Gasteiger partial charge in [0.25, 0.3) is 0 Å². The number of hydrogen-bond donors (Lipinski definition) is 0. The van der Waals surface area contributed by atoms with Gasteiger partial charge in [0.1, 0.15) is 0 Å². The van der Waals surface area contributed by atoms with Crippen molar-refractivity contribution in [2.45, 2.75) is 13.5 Å². The fourth-order valence-electron chi connectivity index (χ4n) is 1.05. The van der Waals surface area contributed by atoms with Crippen molar-refractivity contribution in [3.05, 3.63) is 33.3 Å². The van der Waals surface area contributed by atoms with E-state index in [1.165, 1.54) is 5.56 Å². The van der Waals surface area contributed by atoms with Gasteiger partial charge < -0.3 is 4.90 Å². The first-order valence-corrected chi connectivity index (χ1v) is 5.43. The van der Waals surface area contributed by atoms with Crippen molar-refractivity contribution in [1.82, 2.24) is 4.90 Å². The molecule has 1 aromatic carbocycles. The van der Waals surface area contributed by atoms with Gasteiger partial charge >= 0.3 is 0 Å². The highest BCUT2D eigenvalue weighted by Crippen LogP contribution is 2.22. The maximum atomic E-state index is 5.84. The fraction of sp³-hybridized carbons (Fsp3) is 0.400. The molecule has 13 heavy (non-hydrogen) atoms. The summed E-state index contributed by atoms with van der Waals surface area (Å²) >= 11 is 9.34. The van der Waals surface area contributed by atoms with Crippen LogP contribution in [0.4, 0.5) is 0 Å². The second-order valence-electron chi connectivity index (χ2n) is 3.07. The van der Waals surface area contributed by atoms with Gasteiger partial charge in [-0.1, -0.05) is 40.5 Å². The quantitative estimate of drug-likeness (QED) is 0.805. The van der Waals surface area contributed by atoms with Gasteiger partial charge in [0.05, 0.1) is 0 Å². The van der Waals surface area contributed by atoms with Crippen LogP contribution in [0.25, 0.3) is 0 Å². The number of benzene rings is 1. The molecule has 0 radical (unpaired) electrons. The molecule has 0 aliphatic rings. The molecule has 3 heteroatoms. The maximum Gasteiger partial charge on any atom is 0.0417 e. The van der Waals surface area contributed by atoms with Gasteiger partial charge in [0.2, 0.25) is 0 Å². The predicted octanol–water partition coefficient (Wildman–Crippen LogP) is 3.55. The van der Waals surface area contributed by atoms with E-state index < -0.39 is 0 Å². The molecular weight excluding hydrogens is 249 g/mol. The van der Waals surface area contributed by atoms with Crippen molar-refractivity contribution < 1.29 is 0 Å². The van der Waals surface area contributed by atoms with Crippen LogP contribution in [0.1, 0.15) is 12.5 Å². The zero-order chi connectivity index (χ0) is 9.84. The summed E-state index contributed by atoms with van der Waals surface area (Å²) in [5.74, 6) is 0. The second kappa shape index (κ2) is 4.99. The molecule has 1 nitrogen and oxygen atoms in total. The van der Waals surface area contributed by atoms with E-state index in [4.69, 9.17) is 11.6 Å². The minimum absolute atomic E-state index is 0.773. The van der Waals surface area contributed by atoms with Gasteiger partial charge in [-0.05, 0) is 31.3 Å². The molecule has 0 fully saturated rings. The number of rotatable bonds is 3. The third-order valence-corrected chi connectivity index (χ3v) is 2.97. The Labute approximate surface area is 92.8 Å². The minimum Gasteiger partial charge on any atom is -0.302 e. The average molecular weight is 263 g/mol. The molecule has 1 rings (SSSR count). The highest BCUT2D eigenvalue weighted by Gasteiger charge is 2.02. The Morgan fingerprint density at radius 1 is 1.46 bits per heavy atom. The minimum atomic E-state index is 0.773. The van der Waals surface area contributed by atoms with Crippen LogP contribution in [0.15, 0.2) is 22.7 Å². The van der Waals surface area contributed by atoms with E-state index in [2.05, 4.69) is 40.9 Å². The van der Waals surface area contributed by atoms with Crippen LogP contribution in [-0.4, -0.2) is 18.5 Å². The van der Waals surface area contributed by atoms with Crippen LogP contribution in [0.3, 0.4) is 0 Å². The van der Waals surface area contributed by atoms with E-state index in [0.29, 0.717) is 0 Å². The van der Waals surface area contributed by atoms with Gasteiger partial charge in [-0.15, -0.1) is 0 Å². The predicted molar refractivity (Wildman–Crippen MR) is 61.2 cm³/mol. The summed E-state index contributed by atoms with van der Waals surface area (Å²) in [6.07, 6.45) is 0. The lowest BCUT2D eigenvalue weighted by Crippen LogP contribution is -2.16. The largest absolute Gasteiger partial charge is 0.302 e. The summed E-state index contributed by atoms with van der Waals surface area (Å²) < 4.78 is 1.08. The standard InChI is InChI=1S/C10H13BrClN/c1-3-13(2)7-8-4-5-9(12)6-10(8)11/h4-6H,3,7H2,1-2H3. The Kier molecular flexibility index (Phi) is 4.23. The van der Waals surface area contributed by atoms with Gasteiger partial charge in [0, 0.05) is 16.0 Å². The van der Waals surface area contributed by atoms with Crippen molar-refractivity contribution >= 4 is 27.5 Å². The summed E-state index contributed by atoms with van der Waals surface area (Å²) in [5, 5.41) is 0.773. The summed E-state index contributed by atoms with van der Waals surface area (Å²) in [7, 11) is 2.10. The van der Waals surface area contributed by atoms with Gasteiger partial charge in [-0.2, -0.15) is 0 Å². The van der Waals surface area contributed by atoms with E-state index in [1.807, 2.05) is 12.1 Å². The second-order valence-corrected chi connectivity index (χ2v) is 4.36. The Bertz CT molecular complexity index is 288. The summed E-state index contributed by atoms with van der Waals surface area (Å²) in [4.78, 5) is 2.24. The van der Waals surface area contributed by atoms with Crippen LogP contribution in [0.2, 0.25) is 5.02 Å². The fourth-order valence-corrected chi connectivity index (χ4v) is 1.86. The summed E-state index contributed by atoms with van der Waals surface area (Å²) in [6.45, 7) is 4.15. The number of nitrogens with zero attached hydrogens (tertiary/aromatic N) is 1. The van der Waals surface area contributed by atoms with Crippen LogP contribution >= 0.6 is 27.5 Å². The normalized spacial score (nSPS) is 10.8. The molecule has 0 aromatic heterocycles. The summed E-state index contributed by atoms with van der Waals surface area (Å²) in [6, 6.07) is 5.91. The SMILES string of the molecule is CCN(C)Cc1ccc(Cl)cc1Br. The highest BCUT2D eigenvalue weighted by molar-refractivity contribution is 9.10. The molecule has 0 amide bonds. The molecule has 0 unspecified atom stereocenters. The zero-order valence-corrected chi connectivity index (χ0v) is 10.2. The van der Waals surface area contributed by atoms with E-state index in [-0.39, 0.29) is 0 Å². The number of halogens is 2. The van der Waals surface area contributed by atoms with Crippen molar-refractivity contribution in [1.29, 1.82) is 0 Å². The third-order valence-electron chi connectivity index (χ3n) is 2.00. The third kappa shape index (κ3) is 3.29. The Morgan fingerprint density at radius 3 is 2.69 bits per heavy atom. The Balaban J connectivity index is 2.77. The lowest BCUT2D eigenvalue weighted by molar-refractivity contribution is 0.345. The van der Waals surface area contributed by atoms with Crippen LogP contribution < -0.4 is 0 Å². The smallest absolute Gasteiger partial charge is 0.0417 e. The first-order valence-electron chi connectivity index (χ1n) is 4.26. The molecule has 1 aromatic rings. The van der Waals surface area contributed by atoms with Crippen molar-refractivity contribution in [2.24, 2.45) is 0 Å². The molecule has 0 bridgehead atoms. The van der Waals surface area contributed by atoms with E-state index >= 15 is 0 Å². The molecule has 0 aliphatic heterocycles. The van der Waals surface area contributed by atoms with Crippen molar-refractivity contribution in [3.63, 3.8) is 0 Å². The lowest BCUT2D eigenvalue weighted by Gasteiger charge is -2.14. The summed E-state index contributed by atoms with van der Waals surface area (Å²) in [5.41, 5.74) is 1.27. The number of hydrogen-bond acceptors (Lipinski definition) is 1. The molecule has 0 saturated carbocycles. The monoisotopic (exact) mass is 261 g/mol. The zero-order valence-electron chi connectivity index (χ0n) is 7.85. The van der Waals surface area contributed by atoms with E-state index in [9.17, 15) is 0 Å². The van der Waals surface area contributed by atoms with E-state index in [1.54, 1.807) is 0 Å². The lowest BCUT2D eigenvalue weighted by atomic mass is 10.2. The molecule has 0 heterocycles. The molecule has 0 atom stereocenters. The van der Waals surface area contributed by atoms with E-state index in [0.717, 1.165) is 22.6 Å². The maximum absolute atomic E-state index is 5.84. The molecule has 72 valence electrons. The topological polar surface area (TPSA) is 3.24 Å². The van der Waals surface area contributed by atoms with Crippen molar-refractivity contribution in [3.8, 4) is 0 Å². The highest BCUT2D eigenvalue weighted by atomic mass is 79.9.